The number of anilines is 1. The number of benzene rings is 2. The van der Waals surface area contributed by atoms with E-state index in [1.807, 2.05) is 36.4 Å². The molecule has 1 aliphatic heterocycles. The Morgan fingerprint density at radius 3 is 2.75 bits per heavy atom. The monoisotopic (exact) mass is 323 g/mol. The van der Waals surface area contributed by atoms with E-state index in [-0.39, 0.29) is 23.4 Å². The first-order chi connectivity index (χ1) is 11.7. The molecule has 0 bridgehead atoms. The predicted octanol–water partition coefficient (Wildman–Crippen LogP) is 3.80. The Labute approximate surface area is 139 Å². The second-order valence-electron chi connectivity index (χ2n) is 5.73. The van der Waals surface area contributed by atoms with E-state index < -0.39 is 4.92 Å². The Hall–Kier alpha value is -2.91. The van der Waals surface area contributed by atoms with Crippen LogP contribution in [0, 0.1) is 21.4 Å². The fourth-order valence-electron chi connectivity index (χ4n) is 2.91. The highest BCUT2D eigenvalue weighted by Crippen LogP contribution is 2.31. The maximum absolute atomic E-state index is 10.8. The number of nitrogens with zero attached hydrogens (tertiary/aromatic N) is 2. The lowest BCUT2D eigenvalue weighted by molar-refractivity contribution is -0.384. The van der Waals surface area contributed by atoms with Gasteiger partial charge in [0.15, 0.2) is 0 Å². The number of nitro benzene ring substituents is 1. The van der Waals surface area contributed by atoms with Crippen molar-refractivity contribution in [3.63, 3.8) is 0 Å². The standard InChI is InChI=1S/C18H17N3O3/c19-12-14-10-16(21(22)23)6-7-17(14)20-15-8-9-24-18(11-15)13-4-2-1-3-5-13/h1-7,10,15,18,20H,8-9,11H2/t15-,18-/m0/s1. The van der Waals surface area contributed by atoms with Crippen molar-refractivity contribution in [3.05, 3.63) is 69.8 Å². The fourth-order valence-corrected chi connectivity index (χ4v) is 2.91. The Bertz CT molecular complexity index is 771. The molecule has 6 nitrogen and oxygen atoms in total. The van der Waals surface area contributed by atoms with Crippen molar-refractivity contribution in [1.82, 2.24) is 0 Å². The number of nitriles is 1. The molecular formula is C18H17N3O3. The highest BCUT2D eigenvalue weighted by molar-refractivity contribution is 5.61. The number of ether oxygens (including phenoxy) is 1. The highest BCUT2D eigenvalue weighted by atomic mass is 16.6. The van der Waals surface area contributed by atoms with Gasteiger partial charge in [-0.25, -0.2) is 0 Å². The van der Waals surface area contributed by atoms with Crippen LogP contribution in [0.4, 0.5) is 11.4 Å². The number of hydrogen-bond acceptors (Lipinski definition) is 5. The zero-order chi connectivity index (χ0) is 16.9. The molecule has 1 saturated heterocycles. The quantitative estimate of drug-likeness (QED) is 0.683. The third-order valence-electron chi connectivity index (χ3n) is 4.15. The predicted molar refractivity (Wildman–Crippen MR) is 89.6 cm³/mol. The lowest BCUT2D eigenvalue weighted by atomic mass is 9.97. The molecule has 1 N–H and O–H groups in total. The topological polar surface area (TPSA) is 88.2 Å². The number of non-ortho nitro benzene ring substituents is 1. The van der Waals surface area contributed by atoms with E-state index in [9.17, 15) is 15.4 Å². The van der Waals surface area contributed by atoms with Crippen LogP contribution in [-0.2, 0) is 4.74 Å². The van der Waals surface area contributed by atoms with Gasteiger partial charge in [0.1, 0.15) is 6.07 Å². The summed E-state index contributed by atoms with van der Waals surface area (Å²) < 4.78 is 5.84. The summed E-state index contributed by atoms with van der Waals surface area (Å²) in [4.78, 5) is 10.3. The van der Waals surface area contributed by atoms with Crippen LogP contribution >= 0.6 is 0 Å². The lowest BCUT2D eigenvalue weighted by Gasteiger charge is -2.31. The molecular weight excluding hydrogens is 306 g/mol. The summed E-state index contributed by atoms with van der Waals surface area (Å²) >= 11 is 0. The summed E-state index contributed by atoms with van der Waals surface area (Å²) in [5.74, 6) is 0. The average Bonchev–Trinajstić information content (AvgIpc) is 2.63. The third-order valence-corrected chi connectivity index (χ3v) is 4.15. The lowest BCUT2D eigenvalue weighted by Crippen LogP contribution is -2.30. The summed E-state index contributed by atoms with van der Waals surface area (Å²) in [6.45, 7) is 0.631. The molecule has 0 unspecified atom stereocenters. The minimum Gasteiger partial charge on any atom is -0.381 e. The molecule has 2 aromatic carbocycles. The van der Waals surface area contributed by atoms with Gasteiger partial charge in [0.25, 0.3) is 5.69 Å². The molecule has 0 saturated carbocycles. The van der Waals surface area contributed by atoms with Gasteiger partial charge in [-0.2, -0.15) is 5.26 Å². The minimum absolute atomic E-state index is 0.0148. The molecule has 0 spiro atoms. The summed E-state index contributed by atoms with van der Waals surface area (Å²) in [7, 11) is 0. The fraction of sp³-hybridized carbons (Fsp3) is 0.278. The molecule has 0 amide bonds. The first-order valence-electron chi connectivity index (χ1n) is 7.79. The van der Waals surface area contributed by atoms with Crippen LogP contribution in [-0.4, -0.2) is 17.6 Å². The van der Waals surface area contributed by atoms with Crippen molar-refractivity contribution in [3.8, 4) is 6.07 Å². The van der Waals surface area contributed by atoms with Gasteiger partial charge in [-0.1, -0.05) is 30.3 Å². The maximum atomic E-state index is 10.8. The van der Waals surface area contributed by atoms with Crippen LogP contribution in [0.15, 0.2) is 48.5 Å². The van der Waals surface area contributed by atoms with E-state index in [1.165, 1.54) is 12.1 Å². The van der Waals surface area contributed by atoms with Gasteiger partial charge in [0.2, 0.25) is 0 Å². The first-order valence-corrected chi connectivity index (χ1v) is 7.79. The molecule has 24 heavy (non-hydrogen) atoms. The normalized spacial score (nSPS) is 20.1. The van der Waals surface area contributed by atoms with Gasteiger partial charge >= 0.3 is 0 Å². The van der Waals surface area contributed by atoms with E-state index in [0.29, 0.717) is 12.3 Å². The molecule has 1 fully saturated rings. The van der Waals surface area contributed by atoms with Gasteiger partial charge in [-0.05, 0) is 24.5 Å². The average molecular weight is 323 g/mol. The zero-order valence-electron chi connectivity index (χ0n) is 13.0. The molecule has 1 aliphatic rings. The largest absolute Gasteiger partial charge is 0.381 e. The van der Waals surface area contributed by atoms with Crippen LogP contribution in [0.1, 0.15) is 30.1 Å². The van der Waals surface area contributed by atoms with E-state index in [4.69, 9.17) is 4.74 Å². The number of nitrogens with one attached hydrogen (secondary N) is 1. The molecule has 3 rings (SSSR count). The minimum atomic E-state index is -0.496. The molecule has 0 aliphatic carbocycles. The summed E-state index contributed by atoms with van der Waals surface area (Å²) in [5.41, 5.74) is 1.97. The van der Waals surface area contributed by atoms with Crippen molar-refractivity contribution >= 4 is 11.4 Å². The van der Waals surface area contributed by atoms with Crippen molar-refractivity contribution < 1.29 is 9.66 Å². The maximum Gasteiger partial charge on any atom is 0.270 e. The van der Waals surface area contributed by atoms with E-state index in [0.717, 1.165) is 18.4 Å². The highest BCUT2D eigenvalue weighted by Gasteiger charge is 2.24. The van der Waals surface area contributed by atoms with Crippen LogP contribution in [0.3, 0.4) is 0 Å². The van der Waals surface area contributed by atoms with Crippen LogP contribution < -0.4 is 5.32 Å². The molecule has 1 heterocycles. The number of nitro groups is 1. The van der Waals surface area contributed by atoms with Crippen molar-refractivity contribution in [2.24, 2.45) is 0 Å². The molecule has 6 heteroatoms. The molecule has 0 radical (unpaired) electrons. The summed E-state index contributed by atoms with van der Waals surface area (Å²) in [5, 5.41) is 23.4. The number of hydrogen-bond donors (Lipinski definition) is 1. The SMILES string of the molecule is N#Cc1cc([N+](=O)[O-])ccc1N[C@H]1CCO[C@H](c2ccccc2)C1. The van der Waals surface area contributed by atoms with Crippen LogP contribution in [0.25, 0.3) is 0 Å². The Balaban J connectivity index is 1.74. The zero-order valence-corrected chi connectivity index (χ0v) is 13.0. The van der Waals surface area contributed by atoms with Gasteiger partial charge < -0.3 is 10.1 Å². The van der Waals surface area contributed by atoms with E-state index in [1.54, 1.807) is 6.07 Å². The molecule has 2 aromatic rings. The first kappa shape index (κ1) is 16.0. The molecule has 122 valence electrons. The number of rotatable bonds is 4. The van der Waals surface area contributed by atoms with Crippen LogP contribution in [0.2, 0.25) is 0 Å². The second kappa shape index (κ2) is 7.11. The van der Waals surface area contributed by atoms with Crippen molar-refractivity contribution in [2.45, 2.75) is 25.0 Å². The molecule has 0 aromatic heterocycles. The van der Waals surface area contributed by atoms with Gasteiger partial charge in [0.05, 0.1) is 22.3 Å². The Kier molecular flexibility index (Phi) is 4.73. The smallest absolute Gasteiger partial charge is 0.270 e. The van der Waals surface area contributed by atoms with E-state index >= 15 is 0 Å². The summed E-state index contributed by atoms with van der Waals surface area (Å²) in [6.07, 6.45) is 1.62. The Morgan fingerprint density at radius 2 is 2.04 bits per heavy atom. The summed E-state index contributed by atoms with van der Waals surface area (Å²) in [6, 6.07) is 16.5. The van der Waals surface area contributed by atoms with Crippen LogP contribution in [0.5, 0.6) is 0 Å². The van der Waals surface area contributed by atoms with Gasteiger partial charge in [-0.3, -0.25) is 10.1 Å². The van der Waals surface area contributed by atoms with Gasteiger partial charge in [-0.15, -0.1) is 0 Å². The Morgan fingerprint density at radius 1 is 1.25 bits per heavy atom. The van der Waals surface area contributed by atoms with Crippen molar-refractivity contribution in [2.75, 3.05) is 11.9 Å². The van der Waals surface area contributed by atoms with Gasteiger partial charge in [0, 0.05) is 24.8 Å². The molecule has 2 atom stereocenters. The third kappa shape index (κ3) is 3.53. The second-order valence-corrected chi connectivity index (χ2v) is 5.73. The van der Waals surface area contributed by atoms with Crippen molar-refractivity contribution in [1.29, 1.82) is 5.26 Å². The van der Waals surface area contributed by atoms with E-state index in [2.05, 4.69) is 5.32 Å².